The van der Waals surface area contributed by atoms with E-state index in [0.29, 0.717) is 12.3 Å². The summed E-state index contributed by atoms with van der Waals surface area (Å²) < 4.78 is 6.20. The van der Waals surface area contributed by atoms with Crippen molar-refractivity contribution in [3.05, 3.63) is 173 Å². The minimum Gasteiger partial charge on any atom is -0.488 e. The van der Waals surface area contributed by atoms with E-state index in [4.69, 9.17) is 16.2 Å². The number of allylic oxidation sites excluding steroid dienone is 4. The summed E-state index contributed by atoms with van der Waals surface area (Å²) in [5, 5.41) is 7.50. The fraction of sp³-hybridized carbons (Fsp3) is 0.179. The Bertz CT molecular complexity index is 1610. The van der Waals surface area contributed by atoms with Crippen LogP contribution >= 0.6 is 0 Å². The molecule has 0 amide bonds. The molecule has 1 aliphatic rings. The highest BCUT2D eigenvalue weighted by molar-refractivity contribution is 5.69. The highest BCUT2D eigenvalue weighted by Gasteiger charge is 2.23. The van der Waals surface area contributed by atoms with E-state index in [-0.39, 0.29) is 12.2 Å². The van der Waals surface area contributed by atoms with Gasteiger partial charge in [-0.15, -0.1) is 0 Å². The van der Waals surface area contributed by atoms with E-state index >= 15 is 0 Å². The molecule has 1 aliphatic carbocycles. The third-order valence-corrected chi connectivity index (χ3v) is 7.87. The van der Waals surface area contributed by atoms with Gasteiger partial charge >= 0.3 is 0 Å². The molecule has 0 aliphatic heterocycles. The van der Waals surface area contributed by atoms with Crippen molar-refractivity contribution in [2.45, 2.75) is 44.7 Å². The van der Waals surface area contributed by atoms with E-state index < -0.39 is 6.17 Å². The Morgan fingerprint density at radius 3 is 2.18 bits per heavy atom. The molecule has 0 spiro atoms. The Labute approximate surface area is 261 Å². The predicted octanol–water partition coefficient (Wildman–Crippen LogP) is 7.78. The number of benzene rings is 4. The largest absolute Gasteiger partial charge is 0.488 e. The van der Waals surface area contributed by atoms with Crippen LogP contribution in [0.2, 0.25) is 0 Å². The minimum absolute atomic E-state index is 0.115. The van der Waals surface area contributed by atoms with Gasteiger partial charge in [0.25, 0.3) is 0 Å². The number of nitrogens with one attached hydrogen (secondary N) is 2. The molecule has 0 aromatic heterocycles. The van der Waals surface area contributed by atoms with E-state index in [0.717, 1.165) is 35.3 Å². The van der Waals surface area contributed by atoms with Gasteiger partial charge in [-0.1, -0.05) is 116 Å². The van der Waals surface area contributed by atoms with Crippen LogP contribution in [0.15, 0.2) is 145 Å². The molecule has 3 unspecified atom stereocenters. The van der Waals surface area contributed by atoms with Crippen LogP contribution in [0.3, 0.4) is 0 Å². The van der Waals surface area contributed by atoms with Crippen molar-refractivity contribution in [3.8, 4) is 5.75 Å². The minimum atomic E-state index is -0.438. The van der Waals surface area contributed by atoms with Gasteiger partial charge in [0.1, 0.15) is 12.4 Å². The van der Waals surface area contributed by atoms with Crippen molar-refractivity contribution >= 4 is 11.6 Å². The van der Waals surface area contributed by atoms with Crippen LogP contribution in [0.5, 0.6) is 5.75 Å². The van der Waals surface area contributed by atoms with Crippen molar-refractivity contribution in [3.63, 3.8) is 0 Å². The first-order chi connectivity index (χ1) is 21.5. The Hall–Kier alpha value is -4.68. The Morgan fingerprint density at radius 2 is 1.52 bits per heavy atom. The molecule has 5 heteroatoms. The summed E-state index contributed by atoms with van der Waals surface area (Å²) in [6.45, 7) is 6.46. The molecule has 4 aromatic carbocycles. The molecule has 0 saturated carbocycles. The lowest BCUT2D eigenvalue weighted by molar-refractivity contribution is 0.305. The lowest BCUT2D eigenvalue weighted by Gasteiger charge is -2.31. The van der Waals surface area contributed by atoms with Crippen LogP contribution in [0.4, 0.5) is 0 Å². The fourth-order valence-corrected chi connectivity index (χ4v) is 5.37. The van der Waals surface area contributed by atoms with Crippen molar-refractivity contribution in [1.29, 1.82) is 0 Å². The van der Waals surface area contributed by atoms with Crippen molar-refractivity contribution in [1.82, 2.24) is 10.6 Å². The lowest BCUT2D eigenvalue weighted by atomic mass is 9.91. The molecular formula is C39H42N4O. The van der Waals surface area contributed by atoms with E-state index in [1.54, 1.807) is 6.08 Å². The highest BCUT2D eigenvalue weighted by atomic mass is 16.5. The second-order valence-corrected chi connectivity index (χ2v) is 11.2. The summed E-state index contributed by atoms with van der Waals surface area (Å²) in [4.78, 5) is 0. The molecular weight excluding hydrogens is 540 g/mol. The first-order valence-corrected chi connectivity index (χ1v) is 15.2. The first-order valence-electron chi connectivity index (χ1n) is 15.2. The molecule has 3 atom stereocenters. The van der Waals surface area contributed by atoms with Gasteiger partial charge in [0, 0.05) is 17.3 Å². The maximum absolute atomic E-state index is 6.87. The topological polar surface area (TPSA) is 85.3 Å². The molecule has 0 heterocycles. The smallest absolute Gasteiger partial charge is 0.127 e. The number of hydrogen-bond acceptors (Lipinski definition) is 5. The number of ether oxygens (including phenoxy) is 1. The number of nitrogens with two attached hydrogens (primary N) is 2. The van der Waals surface area contributed by atoms with Gasteiger partial charge < -0.3 is 16.2 Å². The molecule has 44 heavy (non-hydrogen) atoms. The molecule has 224 valence electrons. The van der Waals surface area contributed by atoms with Crippen LogP contribution in [-0.2, 0) is 6.61 Å². The van der Waals surface area contributed by atoms with Crippen LogP contribution in [0.1, 0.15) is 59.8 Å². The Balaban J connectivity index is 1.39. The molecule has 5 nitrogen and oxygen atoms in total. The van der Waals surface area contributed by atoms with Gasteiger partial charge in [-0.05, 0) is 77.5 Å². The first kappa shape index (κ1) is 30.8. The van der Waals surface area contributed by atoms with Crippen LogP contribution < -0.4 is 26.8 Å². The molecule has 0 fully saturated rings. The standard InChI is InChI=1S/C39H42N4O/c1-28(40)18-19-35-26-36(24-25-37(35)44-27-30-12-6-3-7-13-30)38(41)43-39(42-29(2)31-14-8-4-9-15-31)34-22-20-33(21-23-34)32-16-10-5-11-17-32/h3-20,22,24-26,29,38-39,42-43H,1,21,23,27,40-41H2,2H3/b19-18-. The summed E-state index contributed by atoms with van der Waals surface area (Å²) in [6, 6.07) is 37.3. The van der Waals surface area contributed by atoms with Gasteiger partial charge in [-0.25, -0.2) is 0 Å². The second-order valence-electron chi connectivity index (χ2n) is 11.2. The summed E-state index contributed by atoms with van der Waals surface area (Å²) in [5.74, 6) is 0.753. The highest BCUT2D eigenvalue weighted by Crippen LogP contribution is 2.30. The lowest BCUT2D eigenvalue weighted by Crippen LogP contribution is -2.48. The second kappa shape index (κ2) is 15.2. The summed E-state index contributed by atoms with van der Waals surface area (Å²) >= 11 is 0. The zero-order valence-corrected chi connectivity index (χ0v) is 25.3. The zero-order chi connectivity index (χ0) is 30.7. The summed E-state index contributed by atoms with van der Waals surface area (Å²) in [6.07, 6.45) is 9.51. The predicted molar refractivity (Wildman–Crippen MR) is 183 cm³/mol. The van der Waals surface area contributed by atoms with Gasteiger partial charge in [-0.2, -0.15) is 0 Å². The van der Waals surface area contributed by atoms with E-state index in [2.05, 4.69) is 97.0 Å². The van der Waals surface area contributed by atoms with E-state index in [1.807, 2.05) is 54.6 Å². The van der Waals surface area contributed by atoms with Gasteiger partial charge in [-0.3, -0.25) is 10.6 Å². The van der Waals surface area contributed by atoms with Gasteiger partial charge in [0.2, 0.25) is 0 Å². The summed E-state index contributed by atoms with van der Waals surface area (Å²) in [7, 11) is 0. The van der Waals surface area contributed by atoms with E-state index in [9.17, 15) is 0 Å². The Kier molecular flexibility index (Phi) is 10.6. The molecule has 0 saturated heterocycles. The zero-order valence-electron chi connectivity index (χ0n) is 25.3. The van der Waals surface area contributed by atoms with E-state index in [1.165, 1.54) is 22.3 Å². The molecule has 4 aromatic rings. The normalized spacial score (nSPS) is 15.2. The van der Waals surface area contributed by atoms with Crippen molar-refractivity contribution in [2.75, 3.05) is 0 Å². The molecule has 5 rings (SSSR count). The van der Waals surface area contributed by atoms with Crippen molar-refractivity contribution in [2.24, 2.45) is 11.5 Å². The van der Waals surface area contributed by atoms with Crippen molar-refractivity contribution < 1.29 is 4.74 Å². The maximum Gasteiger partial charge on any atom is 0.127 e. The monoisotopic (exact) mass is 582 g/mol. The molecule has 0 bridgehead atoms. The average molecular weight is 583 g/mol. The van der Waals surface area contributed by atoms with Gasteiger partial charge in [0.15, 0.2) is 0 Å². The van der Waals surface area contributed by atoms with Crippen LogP contribution in [0, 0.1) is 0 Å². The fourth-order valence-electron chi connectivity index (χ4n) is 5.37. The van der Waals surface area contributed by atoms with Crippen LogP contribution in [-0.4, -0.2) is 6.17 Å². The maximum atomic E-state index is 6.87. The summed E-state index contributed by atoms with van der Waals surface area (Å²) in [5.41, 5.74) is 21.2. The average Bonchev–Trinajstić information content (AvgIpc) is 3.07. The number of hydrogen-bond donors (Lipinski definition) is 4. The molecule has 0 radical (unpaired) electrons. The third kappa shape index (κ3) is 8.45. The third-order valence-electron chi connectivity index (χ3n) is 7.87. The quantitative estimate of drug-likeness (QED) is 0.0956. The van der Waals surface area contributed by atoms with Crippen LogP contribution in [0.25, 0.3) is 11.6 Å². The SMILES string of the molecule is C=C(N)/C=C\c1cc(C(N)NC(NC(C)c2ccccc2)C2=CC=C(c3ccccc3)CC2)ccc1OCc1ccccc1. The Morgan fingerprint density at radius 1 is 0.841 bits per heavy atom. The number of rotatable bonds is 13. The van der Waals surface area contributed by atoms with Gasteiger partial charge in [0.05, 0.1) is 12.3 Å². The molecule has 6 N–H and O–H groups in total.